The average molecular weight is 294 g/mol. The van der Waals surface area contributed by atoms with Gasteiger partial charge >= 0.3 is 0 Å². The number of methoxy groups -OCH3 is 1. The predicted octanol–water partition coefficient (Wildman–Crippen LogP) is 2.85. The Labute approximate surface area is 127 Å². The van der Waals surface area contributed by atoms with Crippen molar-refractivity contribution in [1.29, 1.82) is 0 Å². The Bertz CT molecular complexity index is 460. The molecule has 3 nitrogen and oxygen atoms in total. The molecule has 21 heavy (non-hydrogen) atoms. The van der Waals surface area contributed by atoms with E-state index in [1.807, 2.05) is 0 Å². The first-order valence-corrected chi connectivity index (χ1v) is 7.63. The van der Waals surface area contributed by atoms with Gasteiger partial charge in [0.15, 0.2) is 0 Å². The van der Waals surface area contributed by atoms with Crippen LogP contribution in [-0.2, 0) is 6.54 Å². The molecule has 2 atom stereocenters. The van der Waals surface area contributed by atoms with Crippen LogP contribution in [0.2, 0.25) is 0 Å². The topological polar surface area (TPSA) is 15.7 Å². The summed E-state index contributed by atoms with van der Waals surface area (Å²) in [5.41, 5.74) is 0.930. The van der Waals surface area contributed by atoms with Gasteiger partial charge in [0.05, 0.1) is 7.11 Å². The summed E-state index contributed by atoms with van der Waals surface area (Å²) in [5, 5.41) is 0. The molecular formula is C17H27FN2O. The molecule has 0 aliphatic carbocycles. The maximum Gasteiger partial charge on any atom is 0.123 e. The maximum atomic E-state index is 13.5. The molecule has 118 valence electrons. The Morgan fingerprint density at radius 2 is 2.05 bits per heavy atom. The quantitative estimate of drug-likeness (QED) is 0.830. The Kier molecular flexibility index (Phi) is 5.22. The molecule has 0 amide bonds. The lowest BCUT2D eigenvalue weighted by Gasteiger charge is -2.27. The molecule has 0 unspecified atom stereocenters. The Hall–Kier alpha value is -1.13. The van der Waals surface area contributed by atoms with E-state index in [0.29, 0.717) is 17.9 Å². The summed E-state index contributed by atoms with van der Waals surface area (Å²) in [5.74, 6) is 1.87. The van der Waals surface area contributed by atoms with Crippen molar-refractivity contribution in [1.82, 2.24) is 9.80 Å². The molecule has 1 aromatic carbocycles. The minimum atomic E-state index is -0.199. The largest absolute Gasteiger partial charge is 0.496 e. The van der Waals surface area contributed by atoms with Crippen molar-refractivity contribution >= 4 is 0 Å². The molecule has 0 radical (unpaired) electrons. The van der Waals surface area contributed by atoms with E-state index in [1.165, 1.54) is 6.07 Å². The molecule has 0 aromatic heterocycles. The molecule has 1 fully saturated rings. The maximum absolute atomic E-state index is 13.5. The number of likely N-dealkylation sites (tertiary alicyclic amines) is 1. The zero-order chi connectivity index (χ0) is 15.6. The first kappa shape index (κ1) is 16.2. The van der Waals surface area contributed by atoms with Gasteiger partial charge in [-0.25, -0.2) is 4.39 Å². The number of halogens is 1. The van der Waals surface area contributed by atoms with Crippen molar-refractivity contribution in [2.24, 2.45) is 11.8 Å². The van der Waals surface area contributed by atoms with Crippen molar-refractivity contribution < 1.29 is 9.13 Å². The average Bonchev–Trinajstić information content (AvgIpc) is 2.83. The molecular weight excluding hydrogens is 267 g/mol. The first-order chi connectivity index (χ1) is 9.92. The van der Waals surface area contributed by atoms with E-state index in [1.54, 1.807) is 19.2 Å². The number of nitrogens with zero attached hydrogens (tertiary/aromatic N) is 2. The number of rotatable bonds is 5. The summed E-state index contributed by atoms with van der Waals surface area (Å²) in [7, 11) is 5.93. The third kappa shape index (κ3) is 3.74. The second-order valence-corrected chi connectivity index (χ2v) is 6.59. The number of hydrogen-bond donors (Lipinski definition) is 0. The molecule has 1 aromatic rings. The SMILES string of the molecule is COc1ccc(F)cc1CN1C[C@@H](N(C)C)[C@H](C(C)C)C1. The minimum absolute atomic E-state index is 0.199. The summed E-state index contributed by atoms with van der Waals surface area (Å²) in [4.78, 5) is 4.72. The van der Waals surface area contributed by atoms with Crippen molar-refractivity contribution in [2.45, 2.75) is 26.4 Å². The standard InChI is InChI=1S/C17H27FN2O/c1-12(2)15-10-20(11-16(15)19(3)4)9-13-8-14(18)6-7-17(13)21-5/h6-8,12,15-16H,9-11H2,1-5H3/t15-,16+/m0/s1. The third-order valence-electron chi connectivity index (χ3n) is 4.56. The third-order valence-corrected chi connectivity index (χ3v) is 4.56. The molecule has 1 heterocycles. The highest BCUT2D eigenvalue weighted by Gasteiger charge is 2.35. The number of hydrogen-bond acceptors (Lipinski definition) is 3. The van der Waals surface area contributed by atoms with Crippen LogP contribution < -0.4 is 4.74 Å². The molecule has 4 heteroatoms. The second kappa shape index (κ2) is 6.75. The van der Waals surface area contributed by atoms with Crippen molar-refractivity contribution in [3.05, 3.63) is 29.6 Å². The second-order valence-electron chi connectivity index (χ2n) is 6.59. The van der Waals surface area contributed by atoms with Gasteiger partial charge in [-0.2, -0.15) is 0 Å². The van der Waals surface area contributed by atoms with Crippen LogP contribution in [-0.4, -0.2) is 50.1 Å². The Balaban J connectivity index is 2.12. The highest BCUT2D eigenvalue weighted by Crippen LogP contribution is 2.30. The molecule has 0 saturated carbocycles. The number of likely N-dealkylation sites (N-methyl/N-ethyl adjacent to an activating group) is 1. The van der Waals surface area contributed by atoms with Crippen LogP contribution in [0.1, 0.15) is 19.4 Å². The van der Waals surface area contributed by atoms with Gasteiger partial charge in [-0.15, -0.1) is 0 Å². The van der Waals surface area contributed by atoms with E-state index in [4.69, 9.17) is 4.74 Å². The fourth-order valence-electron chi connectivity index (χ4n) is 3.34. The van der Waals surface area contributed by atoms with Crippen molar-refractivity contribution in [3.8, 4) is 5.75 Å². The summed E-state index contributed by atoms with van der Waals surface area (Å²) >= 11 is 0. The molecule has 1 aliphatic heterocycles. The van der Waals surface area contributed by atoms with Gasteiger partial charge in [0.2, 0.25) is 0 Å². The van der Waals surface area contributed by atoms with E-state index < -0.39 is 0 Å². The van der Waals surface area contributed by atoms with Gasteiger partial charge < -0.3 is 9.64 Å². The lowest BCUT2D eigenvalue weighted by Crippen LogP contribution is -2.37. The van der Waals surface area contributed by atoms with Crippen LogP contribution >= 0.6 is 0 Å². The van der Waals surface area contributed by atoms with Crippen LogP contribution in [0.15, 0.2) is 18.2 Å². The van der Waals surface area contributed by atoms with Gasteiger partial charge in [0.1, 0.15) is 11.6 Å². The van der Waals surface area contributed by atoms with Gasteiger partial charge in [0, 0.05) is 31.2 Å². The lowest BCUT2D eigenvalue weighted by atomic mass is 9.91. The van der Waals surface area contributed by atoms with Crippen LogP contribution in [0.3, 0.4) is 0 Å². The highest BCUT2D eigenvalue weighted by molar-refractivity contribution is 5.34. The van der Waals surface area contributed by atoms with Crippen LogP contribution in [0.25, 0.3) is 0 Å². The van der Waals surface area contributed by atoms with Crippen molar-refractivity contribution in [3.63, 3.8) is 0 Å². The van der Waals surface area contributed by atoms with Crippen LogP contribution in [0.5, 0.6) is 5.75 Å². The molecule has 0 N–H and O–H groups in total. The number of benzene rings is 1. The fraction of sp³-hybridized carbons (Fsp3) is 0.647. The van der Waals surface area contributed by atoms with Gasteiger partial charge in [-0.1, -0.05) is 13.8 Å². The Morgan fingerprint density at radius 1 is 1.33 bits per heavy atom. The minimum Gasteiger partial charge on any atom is -0.496 e. The Morgan fingerprint density at radius 3 is 2.57 bits per heavy atom. The van der Waals surface area contributed by atoms with E-state index >= 15 is 0 Å². The first-order valence-electron chi connectivity index (χ1n) is 7.63. The van der Waals surface area contributed by atoms with Crippen LogP contribution in [0.4, 0.5) is 4.39 Å². The van der Waals surface area contributed by atoms with E-state index in [9.17, 15) is 4.39 Å². The lowest BCUT2D eigenvalue weighted by molar-refractivity contribution is 0.215. The monoisotopic (exact) mass is 294 g/mol. The molecule has 1 aliphatic rings. The molecule has 0 bridgehead atoms. The fourth-order valence-corrected chi connectivity index (χ4v) is 3.34. The van der Waals surface area contributed by atoms with Crippen molar-refractivity contribution in [2.75, 3.05) is 34.3 Å². The summed E-state index contributed by atoms with van der Waals surface area (Å²) in [6.45, 7) is 7.39. The van der Waals surface area contributed by atoms with Gasteiger partial charge in [-0.3, -0.25) is 4.90 Å². The zero-order valence-electron chi connectivity index (χ0n) is 13.8. The highest BCUT2D eigenvalue weighted by atomic mass is 19.1. The van der Waals surface area contributed by atoms with Crippen LogP contribution in [0, 0.1) is 17.7 Å². The summed E-state index contributed by atoms with van der Waals surface area (Å²) in [6.07, 6.45) is 0. The molecule has 2 rings (SSSR count). The smallest absolute Gasteiger partial charge is 0.123 e. The predicted molar refractivity (Wildman–Crippen MR) is 84.0 cm³/mol. The van der Waals surface area contributed by atoms with E-state index in [-0.39, 0.29) is 5.82 Å². The molecule has 1 saturated heterocycles. The van der Waals surface area contributed by atoms with E-state index in [2.05, 4.69) is 37.7 Å². The molecule has 0 spiro atoms. The van der Waals surface area contributed by atoms with E-state index in [0.717, 1.165) is 30.9 Å². The summed E-state index contributed by atoms with van der Waals surface area (Å²) in [6, 6.07) is 5.31. The summed E-state index contributed by atoms with van der Waals surface area (Å²) < 4.78 is 18.8. The van der Waals surface area contributed by atoms with Gasteiger partial charge in [-0.05, 0) is 44.1 Å². The normalized spacial score (nSPS) is 23.2. The number of ether oxygens (including phenoxy) is 1. The zero-order valence-corrected chi connectivity index (χ0v) is 13.8. The van der Waals surface area contributed by atoms with Gasteiger partial charge in [0.25, 0.3) is 0 Å².